The van der Waals surface area contributed by atoms with Gasteiger partial charge in [0.2, 0.25) is 0 Å². The summed E-state index contributed by atoms with van der Waals surface area (Å²) >= 11 is 10.9. The zero-order valence-corrected chi connectivity index (χ0v) is 13.6. The molecule has 19 heavy (non-hydrogen) atoms. The molecule has 0 bridgehead atoms. The molecule has 5 heteroatoms. The van der Waals surface area contributed by atoms with Gasteiger partial charge >= 0.3 is 0 Å². The van der Waals surface area contributed by atoms with Crippen molar-refractivity contribution >= 4 is 38.9 Å². The predicted octanol–water partition coefficient (Wildman–Crippen LogP) is 5.20. The maximum Gasteiger partial charge on any atom is 0.129 e. The van der Waals surface area contributed by atoms with Crippen LogP contribution in [0.1, 0.15) is 23.4 Å². The monoisotopic (exact) mass is 361 g/mol. The Hall–Kier alpha value is -0.420. The molecule has 0 radical (unpaired) electrons. The van der Waals surface area contributed by atoms with E-state index < -0.39 is 0 Å². The summed E-state index contributed by atoms with van der Waals surface area (Å²) in [7, 11) is 0. The number of benzene rings is 1. The molecule has 1 N–H and O–H groups in total. The van der Waals surface area contributed by atoms with Crippen LogP contribution in [0.4, 0.5) is 4.39 Å². The van der Waals surface area contributed by atoms with E-state index in [-0.39, 0.29) is 11.9 Å². The Bertz CT molecular complexity index is 558. The van der Waals surface area contributed by atoms with Gasteiger partial charge in [-0.2, -0.15) is 0 Å². The second kappa shape index (κ2) is 6.84. The molecule has 0 aliphatic rings. The van der Waals surface area contributed by atoms with E-state index >= 15 is 0 Å². The summed E-state index contributed by atoms with van der Waals surface area (Å²) in [5, 5.41) is 3.75. The van der Waals surface area contributed by atoms with Gasteiger partial charge in [-0.3, -0.25) is 0 Å². The lowest BCUT2D eigenvalue weighted by Gasteiger charge is -2.18. The third kappa shape index (κ3) is 4.02. The Labute approximate surface area is 129 Å². The highest BCUT2D eigenvalue weighted by molar-refractivity contribution is 9.11. The van der Waals surface area contributed by atoms with Crippen molar-refractivity contribution in [2.24, 2.45) is 0 Å². The molecule has 0 fully saturated rings. The molecule has 1 aromatic carbocycles. The third-order valence-electron chi connectivity index (χ3n) is 2.82. The summed E-state index contributed by atoms with van der Waals surface area (Å²) in [6, 6.07) is 8.90. The summed E-state index contributed by atoms with van der Waals surface area (Å²) in [6.07, 6.45) is 0.767. The van der Waals surface area contributed by atoms with Crippen molar-refractivity contribution in [2.75, 3.05) is 6.54 Å². The van der Waals surface area contributed by atoms with Crippen molar-refractivity contribution in [1.29, 1.82) is 0 Å². The van der Waals surface area contributed by atoms with Gasteiger partial charge < -0.3 is 5.32 Å². The van der Waals surface area contributed by atoms with Crippen LogP contribution in [0.15, 0.2) is 34.1 Å². The van der Waals surface area contributed by atoms with Gasteiger partial charge in [0.15, 0.2) is 0 Å². The Morgan fingerprint density at radius 3 is 2.74 bits per heavy atom. The van der Waals surface area contributed by atoms with Crippen LogP contribution in [0.2, 0.25) is 5.02 Å². The van der Waals surface area contributed by atoms with Gasteiger partial charge in [0.25, 0.3) is 0 Å². The molecule has 2 rings (SSSR count). The number of nitrogens with one attached hydrogen (secondary N) is 1. The van der Waals surface area contributed by atoms with E-state index in [2.05, 4.69) is 27.3 Å². The van der Waals surface area contributed by atoms with Gasteiger partial charge in [0.1, 0.15) is 5.82 Å². The maximum atomic E-state index is 14.0. The molecule has 0 aliphatic heterocycles. The number of rotatable bonds is 5. The molecule has 0 saturated carbocycles. The minimum Gasteiger partial charge on any atom is -0.310 e. The van der Waals surface area contributed by atoms with Crippen LogP contribution < -0.4 is 5.32 Å². The zero-order valence-electron chi connectivity index (χ0n) is 10.4. The summed E-state index contributed by atoms with van der Waals surface area (Å²) in [5.74, 6) is -0.255. The summed E-state index contributed by atoms with van der Waals surface area (Å²) in [4.78, 5) is 1.21. The molecule has 1 aromatic heterocycles. The quantitative estimate of drug-likeness (QED) is 0.771. The molecule has 0 saturated heterocycles. The molecule has 1 atom stereocenters. The molecule has 0 spiro atoms. The highest BCUT2D eigenvalue weighted by atomic mass is 79.9. The van der Waals surface area contributed by atoms with Crippen molar-refractivity contribution in [1.82, 2.24) is 5.32 Å². The SMILES string of the molecule is CCNC(Cc1ccc(Br)s1)c1ccc(Cl)cc1F. The summed E-state index contributed by atoms with van der Waals surface area (Å²) in [6.45, 7) is 2.81. The van der Waals surface area contributed by atoms with E-state index in [0.29, 0.717) is 10.6 Å². The second-order valence-electron chi connectivity index (χ2n) is 4.19. The number of hydrogen-bond acceptors (Lipinski definition) is 2. The Morgan fingerprint density at radius 1 is 1.37 bits per heavy atom. The van der Waals surface area contributed by atoms with Crippen molar-refractivity contribution in [3.8, 4) is 0 Å². The fraction of sp³-hybridized carbons (Fsp3) is 0.286. The van der Waals surface area contributed by atoms with Crippen molar-refractivity contribution < 1.29 is 4.39 Å². The molecule has 1 heterocycles. The van der Waals surface area contributed by atoms with E-state index in [1.54, 1.807) is 23.5 Å². The fourth-order valence-corrected chi connectivity index (χ4v) is 3.67. The van der Waals surface area contributed by atoms with E-state index in [4.69, 9.17) is 11.6 Å². The Kier molecular flexibility index (Phi) is 5.39. The van der Waals surface area contributed by atoms with E-state index in [9.17, 15) is 4.39 Å². The zero-order chi connectivity index (χ0) is 13.8. The molecule has 2 aromatic rings. The summed E-state index contributed by atoms with van der Waals surface area (Å²) in [5.41, 5.74) is 0.663. The third-order valence-corrected chi connectivity index (χ3v) is 4.70. The Morgan fingerprint density at radius 2 is 2.16 bits per heavy atom. The van der Waals surface area contributed by atoms with Gasteiger partial charge in [-0.25, -0.2) is 4.39 Å². The molecule has 1 unspecified atom stereocenters. The van der Waals surface area contributed by atoms with Crippen LogP contribution in [-0.4, -0.2) is 6.54 Å². The van der Waals surface area contributed by atoms with Gasteiger partial charge in [0.05, 0.1) is 3.79 Å². The first-order valence-corrected chi connectivity index (χ1v) is 8.01. The number of likely N-dealkylation sites (N-methyl/N-ethyl adjacent to an activating group) is 1. The average molecular weight is 363 g/mol. The lowest BCUT2D eigenvalue weighted by atomic mass is 10.0. The first kappa shape index (κ1) is 15.0. The van der Waals surface area contributed by atoms with Crippen LogP contribution in [0.5, 0.6) is 0 Å². The van der Waals surface area contributed by atoms with Gasteiger partial charge in [-0.1, -0.05) is 24.6 Å². The highest BCUT2D eigenvalue weighted by Crippen LogP contribution is 2.28. The average Bonchev–Trinajstić information content (AvgIpc) is 2.74. The standard InChI is InChI=1S/C14H14BrClFNS/c1-2-18-13(8-10-4-6-14(15)19-10)11-5-3-9(16)7-12(11)17/h3-7,13,18H,2,8H2,1H3. The number of hydrogen-bond donors (Lipinski definition) is 1. The Balaban J connectivity index is 2.23. The largest absolute Gasteiger partial charge is 0.310 e. The van der Waals surface area contributed by atoms with Gasteiger partial charge in [-0.15, -0.1) is 11.3 Å². The molecular weight excluding hydrogens is 349 g/mol. The topological polar surface area (TPSA) is 12.0 Å². The van der Waals surface area contributed by atoms with E-state index in [0.717, 1.165) is 16.8 Å². The molecule has 0 amide bonds. The number of halogens is 3. The molecule has 0 aliphatic carbocycles. The van der Waals surface area contributed by atoms with Crippen LogP contribution in [0.3, 0.4) is 0 Å². The van der Waals surface area contributed by atoms with E-state index in [1.165, 1.54) is 10.9 Å². The molecule has 1 nitrogen and oxygen atoms in total. The highest BCUT2D eigenvalue weighted by Gasteiger charge is 2.16. The van der Waals surface area contributed by atoms with Crippen LogP contribution in [-0.2, 0) is 6.42 Å². The van der Waals surface area contributed by atoms with Gasteiger partial charge in [-0.05, 0) is 46.7 Å². The minimum atomic E-state index is -0.255. The summed E-state index contributed by atoms with van der Waals surface area (Å²) < 4.78 is 15.1. The fourth-order valence-electron chi connectivity index (χ4n) is 1.99. The first-order valence-electron chi connectivity index (χ1n) is 6.02. The predicted molar refractivity (Wildman–Crippen MR) is 83.6 cm³/mol. The van der Waals surface area contributed by atoms with Gasteiger partial charge in [0, 0.05) is 27.9 Å². The number of thiophene rings is 1. The van der Waals surface area contributed by atoms with E-state index in [1.807, 2.05) is 13.0 Å². The maximum absolute atomic E-state index is 14.0. The smallest absolute Gasteiger partial charge is 0.129 e. The van der Waals surface area contributed by atoms with Crippen LogP contribution in [0.25, 0.3) is 0 Å². The lowest BCUT2D eigenvalue weighted by molar-refractivity contribution is 0.512. The minimum absolute atomic E-state index is 0.0344. The normalized spacial score (nSPS) is 12.6. The van der Waals surface area contributed by atoms with Crippen LogP contribution in [0, 0.1) is 5.82 Å². The molecule has 102 valence electrons. The van der Waals surface area contributed by atoms with Crippen LogP contribution >= 0.6 is 38.9 Å². The lowest BCUT2D eigenvalue weighted by Crippen LogP contribution is -2.23. The van der Waals surface area contributed by atoms with Crippen molar-refractivity contribution in [3.63, 3.8) is 0 Å². The second-order valence-corrected chi connectivity index (χ2v) is 7.17. The van der Waals surface area contributed by atoms with Crippen molar-refractivity contribution in [3.05, 3.63) is 55.4 Å². The molecular formula is C14H14BrClFNS. The first-order chi connectivity index (χ1) is 9.10. The van der Waals surface area contributed by atoms with Crippen molar-refractivity contribution in [2.45, 2.75) is 19.4 Å².